The summed E-state index contributed by atoms with van der Waals surface area (Å²) in [6, 6.07) is 0. The van der Waals surface area contributed by atoms with E-state index in [0.29, 0.717) is 17.9 Å². The van der Waals surface area contributed by atoms with Gasteiger partial charge in [-0.1, -0.05) is 13.8 Å². The number of rotatable bonds is 5. The molecule has 1 aliphatic rings. The summed E-state index contributed by atoms with van der Waals surface area (Å²) in [5.74, 6) is -1.34. The summed E-state index contributed by atoms with van der Waals surface area (Å²) in [4.78, 5) is 22.6. The number of aromatic nitrogens is 2. The normalized spacial score (nSPS) is 22.8. The molecule has 0 radical (unpaired) electrons. The second kappa shape index (κ2) is 4.31. The first-order chi connectivity index (χ1) is 7.99. The monoisotopic (exact) mass is 236 g/mol. The van der Waals surface area contributed by atoms with Crippen molar-refractivity contribution in [2.45, 2.75) is 26.8 Å². The van der Waals surface area contributed by atoms with Gasteiger partial charge in [-0.05, 0) is 12.3 Å². The van der Waals surface area contributed by atoms with E-state index in [9.17, 15) is 9.59 Å². The first-order valence-electron chi connectivity index (χ1n) is 5.78. The van der Waals surface area contributed by atoms with Crippen molar-refractivity contribution < 1.29 is 14.7 Å². The summed E-state index contributed by atoms with van der Waals surface area (Å²) >= 11 is 0. The molecule has 5 nitrogen and oxygen atoms in total. The standard InChI is InChI=1S/C12H16N2O3/c1-7(2)5-14-6-8(4-13-14)11(15)9-3-10(9)12(16)17/h4,6-7,9-10H,3,5H2,1-2H3,(H,16,17)/t9-,10+/m0/s1. The number of carbonyl (C=O) groups is 2. The molecule has 0 spiro atoms. The lowest BCUT2D eigenvalue weighted by atomic mass is 10.1. The maximum Gasteiger partial charge on any atom is 0.307 e. The Balaban J connectivity index is 2.01. The van der Waals surface area contributed by atoms with Gasteiger partial charge in [-0.15, -0.1) is 0 Å². The minimum absolute atomic E-state index is 0.0904. The molecule has 17 heavy (non-hydrogen) atoms. The van der Waals surface area contributed by atoms with Crippen LogP contribution in [0.25, 0.3) is 0 Å². The molecule has 1 aromatic rings. The maximum atomic E-state index is 11.9. The molecule has 92 valence electrons. The van der Waals surface area contributed by atoms with Crippen molar-refractivity contribution in [1.29, 1.82) is 0 Å². The molecule has 1 aliphatic carbocycles. The van der Waals surface area contributed by atoms with Crippen molar-refractivity contribution >= 4 is 11.8 Å². The number of hydrogen-bond acceptors (Lipinski definition) is 3. The first kappa shape index (κ1) is 11.8. The van der Waals surface area contributed by atoms with Gasteiger partial charge in [0.1, 0.15) is 0 Å². The second-order valence-corrected chi connectivity index (χ2v) is 5.00. The largest absolute Gasteiger partial charge is 0.481 e. The fourth-order valence-corrected chi connectivity index (χ4v) is 1.94. The summed E-state index contributed by atoms with van der Waals surface area (Å²) < 4.78 is 1.73. The van der Waals surface area contributed by atoms with Crippen LogP contribution in [0.2, 0.25) is 0 Å². The summed E-state index contributed by atoms with van der Waals surface area (Å²) in [7, 11) is 0. The van der Waals surface area contributed by atoms with E-state index in [-0.39, 0.29) is 11.7 Å². The molecule has 2 atom stereocenters. The zero-order chi connectivity index (χ0) is 12.6. The van der Waals surface area contributed by atoms with Crippen LogP contribution in [0.3, 0.4) is 0 Å². The van der Waals surface area contributed by atoms with Crippen LogP contribution < -0.4 is 0 Å². The number of Topliss-reactive ketones (excluding diaryl/α,β-unsaturated/α-hetero) is 1. The molecular weight excluding hydrogens is 220 g/mol. The Morgan fingerprint density at radius 1 is 1.53 bits per heavy atom. The zero-order valence-electron chi connectivity index (χ0n) is 9.96. The van der Waals surface area contributed by atoms with Crippen molar-refractivity contribution in [3.63, 3.8) is 0 Å². The highest BCUT2D eigenvalue weighted by Crippen LogP contribution is 2.41. The van der Waals surface area contributed by atoms with Crippen molar-refractivity contribution in [2.75, 3.05) is 0 Å². The van der Waals surface area contributed by atoms with Gasteiger partial charge in [0.25, 0.3) is 0 Å². The van der Waals surface area contributed by atoms with E-state index < -0.39 is 11.9 Å². The van der Waals surface area contributed by atoms with E-state index in [0.717, 1.165) is 6.54 Å². The summed E-state index contributed by atoms with van der Waals surface area (Å²) in [5.41, 5.74) is 0.527. The Morgan fingerprint density at radius 3 is 2.76 bits per heavy atom. The quantitative estimate of drug-likeness (QED) is 0.785. The van der Waals surface area contributed by atoms with Crippen molar-refractivity contribution in [2.24, 2.45) is 17.8 Å². The maximum absolute atomic E-state index is 11.9. The highest BCUT2D eigenvalue weighted by molar-refractivity contribution is 6.02. The molecule has 0 amide bonds. The van der Waals surface area contributed by atoms with Gasteiger partial charge in [0.15, 0.2) is 5.78 Å². The van der Waals surface area contributed by atoms with Crippen LogP contribution in [0, 0.1) is 17.8 Å². The zero-order valence-corrected chi connectivity index (χ0v) is 9.96. The lowest BCUT2D eigenvalue weighted by Crippen LogP contribution is -2.08. The third-order valence-electron chi connectivity index (χ3n) is 2.91. The van der Waals surface area contributed by atoms with Gasteiger partial charge in [0.2, 0.25) is 0 Å². The fraction of sp³-hybridized carbons (Fsp3) is 0.583. The van der Waals surface area contributed by atoms with Crippen LogP contribution in [0.5, 0.6) is 0 Å². The van der Waals surface area contributed by atoms with Crippen LogP contribution >= 0.6 is 0 Å². The number of carboxylic acid groups (broad SMARTS) is 1. The molecule has 1 saturated carbocycles. The van der Waals surface area contributed by atoms with Gasteiger partial charge < -0.3 is 5.11 Å². The van der Waals surface area contributed by atoms with E-state index in [1.165, 1.54) is 6.20 Å². The molecule has 5 heteroatoms. The molecule has 1 aromatic heterocycles. The number of carboxylic acids is 1. The molecule has 0 aliphatic heterocycles. The minimum Gasteiger partial charge on any atom is -0.481 e. The van der Waals surface area contributed by atoms with Crippen LogP contribution in [0.4, 0.5) is 0 Å². The van der Waals surface area contributed by atoms with E-state index >= 15 is 0 Å². The van der Waals surface area contributed by atoms with Gasteiger partial charge in [0, 0.05) is 18.7 Å². The van der Waals surface area contributed by atoms with Crippen LogP contribution in [-0.2, 0) is 11.3 Å². The Hall–Kier alpha value is -1.65. The Bertz CT molecular complexity index is 450. The van der Waals surface area contributed by atoms with Gasteiger partial charge in [-0.3, -0.25) is 14.3 Å². The van der Waals surface area contributed by atoms with E-state index in [2.05, 4.69) is 18.9 Å². The number of carbonyl (C=O) groups excluding carboxylic acids is 1. The smallest absolute Gasteiger partial charge is 0.307 e. The molecular formula is C12H16N2O3. The first-order valence-corrected chi connectivity index (χ1v) is 5.78. The van der Waals surface area contributed by atoms with Crippen molar-refractivity contribution in [3.05, 3.63) is 18.0 Å². The van der Waals surface area contributed by atoms with Crippen LogP contribution in [0.15, 0.2) is 12.4 Å². The van der Waals surface area contributed by atoms with Gasteiger partial charge in [-0.25, -0.2) is 0 Å². The van der Waals surface area contributed by atoms with E-state index in [4.69, 9.17) is 5.11 Å². The molecule has 2 rings (SSSR count). The summed E-state index contributed by atoms with van der Waals surface area (Å²) in [6.07, 6.45) is 3.70. The average Bonchev–Trinajstić information content (AvgIpc) is 2.91. The molecule has 0 unspecified atom stereocenters. The lowest BCUT2D eigenvalue weighted by Gasteiger charge is -2.03. The predicted octanol–water partition coefficient (Wildman–Crippen LogP) is 1.44. The molecule has 0 bridgehead atoms. The third kappa shape index (κ3) is 2.54. The van der Waals surface area contributed by atoms with Gasteiger partial charge >= 0.3 is 5.97 Å². The van der Waals surface area contributed by atoms with Gasteiger partial charge in [-0.2, -0.15) is 5.10 Å². The minimum atomic E-state index is -0.877. The highest BCUT2D eigenvalue weighted by Gasteiger charge is 2.48. The SMILES string of the molecule is CC(C)Cn1cc(C(=O)[C@H]2C[C@H]2C(=O)O)cn1. The Labute approximate surface area is 99.4 Å². The third-order valence-corrected chi connectivity index (χ3v) is 2.91. The van der Waals surface area contributed by atoms with Crippen LogP contribution in [-0.4, -0.2) is 26.6 Å². The Morgan fingerprint density at radius 2 is 2.24 bits per heavy atom. The highest BCUT2D eigenvalue weighted by atomic mass is 16.4. The van der Waals surface area contributed by atoms with E-state index in [1.807, 2.05) is 0 Å². The summed E-state index contributed by atoms with van der Waals surface area (Å²) in [6.45, 7) is 4.91. The molecule has 0 saturated heterocycles. The lowest BCUT2D eigenvalue weighted by molar-refractivity contribution is -0.138. The molecule has 1 heterocycles. The number of hydrogen-bond donors (Lipinski definition) is 1. The second-order valence-electron chi connectivity index (χ2n) is 5.00. The number of aliphatic carboxylic acids is 1. The summed E-state index contributed by atoms with van der Waals surface area (Å²) in [5, 5.41) is 12.9. The Kier molecular flexibility index (Phi) is 3.00. The number of ketones is 1. The van der Waals surface area contributed by atoms with E-state index in [1.54, 1.807) is 10.9 Å². The fourth-order valence-electron chi connectivity index (χ4n) is 1.94. The van der Waals surface area contributed by atoms with Crippen molar-refractivity contribution in [1.82, 2.24) is 9.78 Å². The van der Waals surface area contributed by atoms with Crippen molar-refractivity contribution in [3.8, 4) is 0 Å². The average molecular weight is 236 g/mol. The van der Waals surface area contributed by atoms with Gasteiger partial charge in [0.05, 0.1) is 17.7 Å². The molecule has 1 fully saturated rings. The topological polar surface area (TPSA) is 72.2 Å². The molecule has 1 N–H and O–H groups in total. The van der Waals surface area contributed by atoms with Crippen LogP contribution in [0.1, 0.15) is 30.6 Å². The number of nitrogens with zero attached hydrogens (tertiary/aromatic N) is 2. The predicted molar refractivity (Wildman–Crippen MR) is 60.6 cm³/mol. The molecule has 0 aromatic carbocycles.